The van der Waals surface area contributed by atoms with Crippen molar-refractivity contribution in [2.24, 2.45) is 0 Å². The van der Waals surface area contributed by atoms with Gasteiger partial charge >= 0.3 is 0 Å². The topological polar surface area (TPSA) is 51.6 Å². The average molecular weight is 184 g/mol. The van der Waals surface area contributed by atoms with Crippen LogP contribution in [0.2, 0.25) is 0 Å². The first-order valence-corrected chi connectivity index (χ1v) is 4.19. The van der Waals surface area contributed by atoms with Crippen LogP contribution in [0.4, 0.5) is 0 Å². The van der Waals surface area contributed by atoms with Crippen molar-refractivity contribution in [3.63, 3.8) is 0 Å². The van der Waals surface area contributed by atoms with Crippen LogP contribution in [0.25, 0.3) is 12.2 Å². The Morgan fingerprint density at radius 2 is 1.79 bits per heavy atom. The maximum absolute atomic E-state index is 3.78. The van der Waals surface area contributed by atoms with E-state index in [0.29, 0.717) is 5.69 Å². The van der Waals surface area contributed by atoms with Crippen molar-refractivity contribution in [1.82, 2.24) is 20.6 Å². The molecule has 4 nitrogen and oxygen atoms in total. The maximum atomic E-state index is 3.78. The first kappa shape index (κ1) is 8.50. The summed E-state index contributed by atoms with van der Waals surface area (Å²) in [5.74, 6) is 0. The highest BCUT2D eigenvalue weighted by molar-refractivity contribution is 5.67. The molecule has 0 atom stereocenters. The molecule has 1 aromatic carbocycles. The zero-order chi connectivity index (χ0) is 9.64. The lowest BCUT2D eigenvalue weighted by Crippen LogP contribution is -1.91. The van der Waals surface area contributed by atoms with Crippen molar-refractivity contribution in [2.75, 3.05) is 0 Å². The van der Waals surface area contributed by atoms with E-state index < -0.39 is 0 Å². The first-order chi connectivity index (χ1) is 6.95. The first-order valence-electron chi connectivity index (χ1n) is 4.19. The van der Waals surface area contributed by atoms with Crippen LogP contribution in [0.1, 0.15) is 11.3 Å². The molecule has 0 N–H and O–H groups in total. The molecule has 0 aliphatic carbocycles. The summed E-state index contributed by atoms with van der Waals surface area (Å²) >= 11 is 0. The number of benzene rings is 1. The molecule has 14 heavy (non-hydrogen) atoms. The van der Waals surface area contributed by atoms with Gasteiger partial charge in [0.2, 0.25) is 0 Å². The number of rotatable bonds is 2. The highest BCUT2D eigenvalue weighted by Crippen LogP contribution is 2.03. The summed E-state index contributed by atoms with van der Waals surface area (Å²) in [7, 11) is 0. The van der Waals surface area contributed by atoms with Gasteiger partial charge in [-0.15, -0.1) is 10.2 Å². The molecule has 0 amide bonds. The van der Waals surface area contributed by atoms with Crippen molar-refractivity contribution in [3.05, 3.63) is 47.8 Å². The Hall–Kier alpha value is -2.10. The van der Waals surface area contributed by atoms with E-state index in [0.717, 1.165) is 5.56 Å². The Balaban J connectivity index is 2.16. The SMILES string of the molecule is C(=Cc1cnnnn1)c1ccccc1. The van der Waals surface area contributed by atoms with Gasteiger partial charge in [0.15, 0.2) is 0 Å². The van der Waals surface area contributed by atoms with Gasteiger partial charge in [-0.25, -0.2) is 0 Å². The summed E-state index contributed by atoms with van der Waals surface area (Å²) in [5, 5.41) is 14.2. The molecule has 0 saturated heterocycles. The van der Waals surface area contributed by atoms with E-state index in [9.17, 15) is 0 Å². The second-order valence-corrected chi connectivity index (χ2v) is 2.69. The predicted octanol–water partition coefficient (Wildman–Crippen LogP) is 1.44. The molecule has 0 unspecified atom stereocenters. The van der Waals surface area contributed by atoms with E-state index >= 15 is 0 Å². The Labute approximate surface area is 81.3 Å². The van der Waals surface area contributed by atoms with Crippen LogP contribution in [0.15, 0.2) is 36.5 Å². The van der Waals surface area contributed by atoms with Gasteiger partial charge in [-0.05, 0) is 22.1 Å². The number of hydrogen-bond donors (Lipinski definition) is 0. The fourth-order valence-electron chi connectivity index (χ4n) is 1.03. The zero-order valence-corrected chi connectivity index (χ0v) is 7.41. The van der Waals surface area contributed by atoms with Crippen molar-refractivity contribution in [2.45, 2.75) is 0 Å². The molecule has 68 valence electrons. The minimum atomic E-state index is 0.698. The summed E-state index contributed by atoms with van der Waals surface area (Å²) in [5.41, 5.74) is 1.81. The van der Waals surface area contributed by atoms with Crippen molar-refractivity contribution >= 4 is 12.2 Å². The molecular formula is C10H8N4. The van der Waals surface area contributed by atoms with E-state index in [1.807, 2.05) is 42.5 Å². The molecule has 0 bridgehead atoms. The fourth-order valence-corrected chi connectivity index (χ4v) is 1.03. The quantitative estimate of drug-likeness (QED) is 0.708. The largest absolute Gasteiger partial charge is 0.135 e. The second kappa shape index (κ2) is 4.23. The van der Waals surface area contributed by atoms with Crippen LogP contribution in [0.3, 0.4) is 0 Å². The molecule has 1 aromatic heterocycles. The van der Waals surface area contributed by atoms with Crippen LogP contribution < -0.4 is 0 Å². The Bertz CT molecular complexity index is 369. The van der Waals surface area contributed by atoms with Crippen LogP contribution >= 0.6 is 0 Å². The predicted molar refractivity (Wildman–Crippen MR) is 53.0 cm³/mol. The summed E-state index contributed by atoms with van der Waals surface area (Å²) in [6.07, 6.45) is 5.36. The Morgan fingerprint density at radius 1 is 0.929 bits per heavy atom. The Kier molecular flexibility index (Phi) is 2.56. The molecular weight excluding hydrogens is 176 g/mol. The smallest absolute Gasteiger partial charge is 0.108 e. The summed E-state index contributed by atoms with van der Waals surface area (Å²) in [6, 6.07) is 9.97. The molecule has 0 saturated carbocycles. The molecule has 0 aliphatic rings. The minimum Gasteiger partial charge on any atom is -0.135 e. The van der Waals surface area contributed by atoms with Crippen molar-refractivity contribution in [1.29, 1.82) is 0 Å². The lowest BCUT2D eigenvalue weighted by Gasteiger charge is -1.90. The highest BCUT2D eigenvalue weighted by atomic mass is 15.4. The van der Waals surface area contributed by atoms with E-state index in [1.165, 1.54) is 0 Å². The third-order valence-electron chi connectivity index (χ3n) is 1.69. The molecule has 2 aromatic rings. The monoisotopic (exact) mass is 184 g/mol. The third kappa shape index (κ3) is 2.20. The number of nitrogens with zero attached hydrogens (tertiary/aromatic N) is 4. The lowest BCUT2D eigenvalue weighted by molar-refractivity contribution is 0.756. The van der Waals surface area contributed by atoms with Crippen LogP contribution in [0.5, 0.6) is 0 Å². The molecule has 1 heterocycles. The van der Waals surface area contributed by atoms with Gasteiger partial charge in [0, 0.05) is 0 Å². The highest BCUT2D eigenvalue weighted by Gasteiger charge is 1.87. The van der Waals surface area contributed by atoms with Gasteiger partial charge in [0.05, 0.1) is 6.20 Å². The fraction of sp³-hybridized carbons (Fsp3) is 0. The van der Waals surface area contributed by atoms with Gasteiger partial charge in [0.25, 0.3) is 0 Å². The lowest BCUT2D eigenvalue weighted by atomic mass is 10.2. The molecule has 0 radical (unpaired) electrons. The van der Waals surface area contributed by atoms with Crippen LogP contribution in [0, 0.1) is 0 Å². The third-order valence-corrected chi connectivity index (χ3v) is 1.69. The molecule has 0 spiro atoms. The molecule has 4 heteroatoms. The molecule has 0 aliphatic heterocycles. The average Bonchev–Trinajstić information content (AvgIpc) is 2.29. The van der Waals surface area contributed by atoms with Gasteiger partial charge < -0.3 is 0 Å². The van der Waals surface area contributed by atoms with Crippen LogP contribution in [-0.4, -0.2) is 20.6 Å². The summed E-state index contributed by atoms with van der Waals surface area (Å²) < 4.78 is 0. The zero-order valence-electron chi connectivity index (χ0n) is 7.41. The standard InChI is InChI=1S/C10H8N4/c1-2-4-9(5-3-1)6-7-10-8-11-13-14-12-10/h1-8H. The van der Waals surface area contributed by atoms with E-state index in [-0.39, 0.29) is 0 Å². The molecule has 2 rings (SSSR count). The van der Waals surface area contributed by atoms with E-state index in [4.69, 9.17) is 0 Å². The minimum absolute atomic E-state index is 0.698. The number of hydrogen-bond acceptors (Lipinski definition) is 4. The van der Waals surface area contributed by atoms with Gasteiger partial charge in [-0.3, -0.25) is 0 Å². The van der Waals surface area contributed by atoms with Crippen LogP contribution in [-0.2, 0) is 0 Å². The molecule has 0 fully saturated rings. The van der Waals surface area contributed by atoms with E-state index in [1.54, 1.807) is 6.20 Å². The second-order valence-electron chi connectivity index (χ2n) is 2.69. The summed E-state index contributed by atoms with van der Waals surface area (Å²) in [4.78, 5) is 0. The van der Waals surface area contributed by atoms with E-state index in [2.05, 4.69) is 20.6 Å². The van der Waals surface area contributed by atoms with Crippen molar-refractivity contribution in [3.8, 4) is 0 Å². The normalized spacial score (nSPS) is 10.6. The summed E-state index contributed by atoms with van der Waals surface area (Å²) in [6.45, 7) is 0. The van der Waals surface area contributed by atoms with Gasteiger partial charge in [-0.2, -0.15) is 0 Å². The van der Waals surface area contributed by atoms with Gasteiger partial charge in [-0.1, -0.05) is 36.4 Å². The van der Waals surface area contributed by atoms with Crippen molar-refractivity contribution < 1.29 is 0 Å². The van der Waals surface area contributed by atoms with Gasteiger partial charge in [0.1, 0.15) is 5.69 Å². The maximum Gasteiger partial charge on any atom is 0.108 e. The Morgan fingerprint density at radius 3 is 2.50 bits per heavy atom. The number of aromatic nitrogens is 4.